The molecule has 1 rings (SSSR count). The van der Waals surface area contributed by atoms with E-state index in [2.05, 4.69) is 4.90 Å². The summed E-state index contributed by atoms with van der Waals surface area (Å²) in [6.45, 7) is 2.51. The van der Waals surface area contributed by atoms with Crippen LogP contribution >= 0.6 is 35.6 Å². The largest absolute Gasteiger partial charge is 0.300 e. The van der Waals surface area contributed by atoms with Gasteiger partial charge < -0.3 is 4.90 Å². The third-order valence-corrected chi connectivity index (χ3v) is 3.30. The summed E-state index contributed by atoms with van der Waals surface area (Å²) in [5, 5.41) is 0. The van der Waals surface area contributed by atoms with Gasteiger partial charge in [0.25, 0.3) is 0 Å². The zero-order chi connectivity index (χ0) is 11.1. The lowest BCUT2D eigenvalue weighted by molar-refractivity contribution is -0.125. The van der Waals surface area contributed by atoms with Gasteiger partial charge in [-0.3, -0.25) is 4.79 Å². The van der Waals surface area contributed by atoms with Crippen LogP contribution in [0.1, 0.15) is 25.7 Å². The van der Waals surface area contributed by atoms with Crippen LogP contribution in [0.5, 0.6) is 0 Å². The Balaban J connectivity index is 0.00000225. The van der Waals surface area contributed by atoms with E-state index in [-0.39, 0.29) is 18.3 Å². The number of alkyl halides is 2. The first-order chi connectivity index (χ1) is 7.27. The summed E-state index contributed by atoms with van der Waals surface area (Å²) in [4.78, 5) is 13.8. The maximum Gasteiger partial charge on any atom is 0.137 e. The van der Waals surface area contributed by atoms with Crippen molar-refractivity contribution in [1.29, 1.82) is 0 Å². The molecular formula is C11H20Cl3NO. The van der Waals surface area contributed by atoms with Crippen LogP contribution in [0.3, 0.4) is 0 Å². The molecule has 1 aliphatic carbocycles. The SMILES string of the molecule is Cl.O=C1CCCCC1CN(CCCl)CCCl. The summed E-state index contributed by atoms with van der Waals surface area (Å²) in [6, 6.07) is 0. The Morgan fingerprint density at radius 1 is 1.19 bits per heavy atom. The van der Waals surface area contributed by atoms with Gasteiger partial charge in [0.1, 0.15) is 5.78 Å². The molecule has 5 heteroatoms. The molecule has 0 bridgehead atoms. The highest BCUT2D eigenvalue weighted by Gasteiger charge is 2.23. The maximum absolute atomic E-state index is 11.6. The second-order valence-electron chi connectivity index (χ2n) is 4.09. The molecule has 0 aliphatic heterocycles. The summed E-state index contributed by atoms with van der Waals surface area (Å²) >= 11 is 11.4. The maximum atomic E-state index is 11.6. The number of Topliss-reactive ketones (excluding diaryl/α,β-unsaturated/α-hetero) is 1. The molecule has 1 saturated carbocycles. The van der Waals surface area contributed by atoms with E-state index < -0.39 is 0 Å². The van der Waals surface area contributed by atoms with E-state index in [4.69, 9.17) is 23.2 Å². The zero-order valence-electron chi connectivity index (χ0n) is 9.46. The number of carbonyl (C=O) groups is 1. The van der Waals surface area contributed by atoms with Crippen molar-refractivity contribution >= 4 is 41.4 Å². The molecule has 2 nitrogen and oxygen atoms in total. The van der Waals surface area contributed by atoms with Gasteiger partial charge in [-0.2, -0.15) is 0 Å². The average molecular weight is 289 g/mol. The van der Waals surface area contributed by atoms with E-state index >= 15 is 0 Å². The molecule has 1 atom stereocenters. The van der Waals surface area contributed by atoms with Gasteiger partial charge in [-0.1, -0.05) is 6.42 Å². The van der Waals surface area contributed by atoms with Crippen molar-refractivity contribution in [2.75, 3.05) is 31.4 Å². The lowest BCUT2D eigenvalue weighted by Gasteiger charge is -2.27. The number of halogens is 3. The topological polar surface area (TPSA) is 20.3 Å². The third-order valence-electron chi connectivity index (χ3n) is 2.96. The Bertz CT molecular complexity index is 196. The Kier molecular flexibility index (Phi) is 9.82. The van der Waals surface area contributed by atoms with Crippen LogP contribution in [0.4, 0.5) is 0 Å². The fourth-order valence-corrected chi connectivity index (χ4v) is 2.57. The molecule has 1 unspecified atom stereocenters. The number of nitrogens with zero attached hydrogens (tertiary/aromatic N) is 1. The van der Waals surface area contributed by atoms with E-state index in [1.807, 2.05) is 0 Å². The van der Waals surface area contributed by atoms with Crippen molar-refractivity contribution in [3.8, 4) is 0 Å². The molecule has 0 saturated heterocycles. The van der Waals surface area contributed by atoms with Crippen molar-refractivity contribution in [2.45, 2.75) is 25.7 Å². The minimum absolute atomic E-state index is 0. The highest BCUT2D eigenvalue weighted by molar-refractivity contribution is 6.18. The van der Waals surface area contributed by atoms with E-state index in [9.17, 15) is 4.79 Å². The molecule has 0 amide bonds. The van der Waals surface area contributed by atoms with Crippen LogP contribution in [0.15, 0.2) is 0 Å². The quantitative estimate of drug-likeness (QED) is 0.701. The molecule has 0 N–H and O–H groups in total. The highest BCUT2D eigenvalue weighted by atomic mass is 35.5. The van der Waals surface area contributed by atoms with Crippen molar-refractivity contribution in [3.63, 3.8) is 0 Å². The highest BCUT2D eigenvalue weighted by Crippen LogP contribution is 2.21. The first-order valence-corrected chi connectivity index (χ1v) is 6.72. The molecule has 0 aromatic rings. The van der Waals surface area contributed by atoms with Crippen LogP contribution in [0.2, 0.25) is 0 Å². The minimum Gasteiger partial charge on any atom is -0.300 e. The molecule has 0 heterocycles. The number of ketones is 1. The fraction of sp³-hybridized carbons (Fsp3) is 0.909. The number of carbonyl (C=O) groups excluding carboxylic acids is 1. The Labute approximate surface area is 114 Å². The zero-order valence-corrected chi connectivity index (χ0v) is 11.8. The average Bonchev–Trinajstić information content (AvgIpc) is 2.22. The molecule has 1 fully saturated rings. The van der Waals surface area contributed by atoms with Crippen LogP contribution < -0.4 is 0 Å². The van der Waals surface area contributed by atoms with Crippen molar-refractivity contribution in [2.24, 2.45) is 5.92 Å². The second kappa shape index (κ2) is 9.52. The molecule has 96 valence electrons. The van der Waals surface area contributed by atoms with Gasteiger partial charge in [-0.05, 0) is 12.8 Å². The fourth-order valence-electron chi connectivity index (χ4n) is 2.09. The van der Waals surface area contributed by atoms with E-state index in [0.29, 0.717) is 17.5 Å². The van der Waals surface area contributed by atoms with E-state index in [0.717, 1.165) is 38.9 Å². The molecule has 0 radical (unpaired) electrons. The predicted molar refractivity (Wildman–Crippen MR) is 72.1 cm³/mol. The summed E-state index contributed by atoms with van der Waals surface area (Å²) in [7, 11) is 0. The van der Waals surface area contributed by atoms with Gasteiger partial charge in [-0.15, -0.1) is 35.6 Å². The Hall–Kier alpha value is 0.500. The van der Waals surface area contributed by atoms with E-state index in [1.165, 1.54) is 6.42 Å². The molecule has 1 aliphatic rings. The lowest BCUT2D eigenvalue weighted by atomic mass is 9.87. The van der Waals surface area contributed by atoms with Gasteiger partial charge in [0.05, 0.1) is 0 Å². The molecule has 16 heavy (non-hydrogen) atoms. The van der Waals surface area contributed by atoms with Gasteiger partial charge in [0, 0.05) is 43.7 Å². The second-order valence-corrected chi connectivity index (χ2v) is 4.84. The van der Waals surface area contributed by atoms with Gasteiger partial charge in [-0.25, -0.2) is 0 Å². The Morgan fingerprint density at radius 3 is 2.31 bits per heavy atom. The van der Waals surface area contributed by atoms with Gasteiger partial charge in [0.15, 0.2) is 0 Å². The summed E-state index contributed by atoms with van der Waals surface area (Å²) < 4.78 is 0. The summed E-state index contributed by atoms with van der Waals surface area (Å²) in [6.07, 6.45) is 4.06. The Morgan fingerprint density at radius 2 is 1.81 bits per heavy atom. The molecular weight excluding hydrogens is 268 g/mol. The van der Waals surface area contributed by atoms with Crippen molar-refractivity contribution in [3.05, 3.63) is 0 Å². The standard InChI is InChI=1S/C11H19Cl2NO.ClH/c12-5-7-14(8-6-13)9-10-3-1-2-4-11(10)15;/h10H,1-9H2;1H. The van der Waals surface area contributed by atoms with Crippen LogP contribution in [-0.4, -0.2) is 42.1 Å². The van der Waals surface area contributed by atoms with Gasteiger partial charge in [0.2, 0.25) is 0 Å². The van der Waals surface area contributed by atoms with E-state index in [1.54, 1.807) is 0 Å². The number of hydrogen-bond donors (Lipinski definition) is 0. The molecule has 0 aromatic carbocycles. The molecule has 0 spiro atoms. The monoisotopic (exact) mass is 287 g/mol. The lowest BCUT2D eigenvalue weighted by Crippen LogP contribution is -2.37. The van der Waals surface area contributed by atoms with Crippen LogP contribution in [0, 0.1) is 5.92 Å². The normalized spacial score (nSPS) is 20.9. The summed E-state index contributed by atoms with van der Waals surface area (Å²) in [5.74, 6) is 1.87. The smallest absolute Gasteiger partial charge is 0.137 e. The summed E-state index contributed by atoms with van der Waals surface area (Å²) in [5.41, 5.74) is 0. The first kappa shape index (κ1) is 16.5. The van der Waals surface area contributed by atoms with Crippen molar-refractivity contribution in [1.82, 2.24) is 4.90 Å². The van der Waals surface area contributed by atoms with Crippen molar-refractivity contribution < 1.29 is 4.79 Å². The predicted octanol–water partition coefficient (Wildman–Crippen LogP) is 2.95. The number of hydrogen-bond acceptors (Lipinski definition) is 2. The van der Waals surface area contributed by atoms with Crippen LogP contribution in [0.25, 0.3) is 0 Å². The number of rotatable bonds is 6. The van der Waals surface area contributed by atoms with Crippen LogP contribution in [-0.2, 0) is 4.79 Å². The molecule has 0 aromatic heterocycles. The third kappa shape index (κ3) is 5.72. The first-order valence-electron chi connectivity index (χ1n) is 5.65. The van der Waals surface area contributed by atoms with Gasteiger partial charge >= 0.3 is 0 Å². The minimum atomic E-state index is 0.